The summed E-state index contributed by atoms with van der Waals surface area (Å²) in [5.74, 6) is 0.931. The summed E-state index contributed by atoms with van der Waals surface area (Å²) in [6.07, 6.45) is 0.157. The molecule has 0 saturated carbocycles. The van der Waals surface area contributed by atoms with Gasteiger partial charge < -0.3 is 10.1 Å². The van der Waals surface area contributed by atoms with Gasteiger partial charge in [0.25, 0.3) is 0 Å². The van der Waals surface area contributed by atoms with E-state index in [2.05, 4.69) is 58.5 Å². The molecule has 0 spiro atoms. The van der Waals surface area contributed by atoms with Crippen LogP contribution in [0.5, 0.6) is 5.75 Å². The van der Waals surface area contributed by atoms with E-state index >= 15 is 0 Å². The van der Waals surface area contributed by atoms with Gasteiger partial charge in [0.1, 0.15) is 5.75 Å². The van der Waals surface area contributed by atoms with Crippen molar-refractivity contribution in [3.8, 4) is 5.75 Å². The lowest BCUT2D eigenvalue weighted by Gasteiger charge is -2.23. The van der Waals surface area contributed by atoms with Crippen molar-refractivity contribution in [3.63, 3.8) is 0 Å². The highest BCUT2D eigenvalue weighted by atomic mass is 79.9. The number of halogens is 1. The molecule has 0 aliphatic rings. The molecule has 1 N–H and O–H groups in total. The van der Waals surface area contributed by atoms with Crippen LogP contribution in [0.1, 0.15) is 36.6 Å². The van der Waals surface area contributed by atoms with Gasteiger partial charge in [-0.1, -0.05) is 52.3 Å². The van der Waals surface area contributed by atoms with Crippen molar-refractivity contribution in [3.05, 3.63) is 63.6 Å². The zero-order chi connectivity index (χ0) is 15.4. The molecule has 0 fully saturated rings. The van der Waals surface area contributed by atoms with E-state index in [-0.39, 0.29) is 12.1 Å². The molecule has 0 amide bonds. The fourth-order valence-electron chi connectivity index (χ4n) is 2.45. The van der Waals surface area contributed by atoms with E-state index in [0.29, 0.717) is 0 Å². The van der Waals surface area contributed by atoms with E-state index in [1.54, 1.807) is 0 Å². The minimum Gasteiger partial charge on any atom is -0.491 e. The summed E-state index contributed by atoms with van der Waals surface area (Å²) in [7, 11) is 1.98. The molecule has 0 saturated heterocycles. The van der Waals surface area contributed by atoms with Gasteiger partial charge >= 0.3 is 0 Å². The van der Waals surface area contributed by atoms with E-state index < -0.39 is 0 Å². The van der Waals surface area contributed by atoms with Gasteiger partial charge in [0.05, 0.1) is 12.1 Å². The molecule has 0 aliphatic carbocycles. The molecule has 2 aromatic rings. The zero-order valence-electron chi connectivity index (χ0n) is 13.0. The van der Waals surface area contributed by atoms with E-state index in [9.17, 15) is 0 Å². The minimum atomic E-state index is 0.0919. The Bertz CT molecular complexity index is 610. The highest BCUT2D eigenvalue weighted by molar-refractivity contribution is 9.10. The van der Waals surface area contributed by atoms with Crippen LogP contribution in [0.25, 0.3) is 0 Å². The van der Waals surface area contributed by atoms with Gasteiger partial charge in [-0.25, -0.2) is 0 Å². The quantitative estimate of drug-likeness (QED) is 0.834. The SMILES string of the molecule is CNC(c1ccccc1OC(C)C)c1cccc(C)c1Br. The van der Waals surface area contributed by atoms with Crippen LogP contribution in [0.2, 0.25) is 0 Å². The first-order valence-electron chi connectivity index (χ1n) is 7.22. The van der Waals surface area contributed by atoms with Crippen molar-refractivity contribution in [2.75, 3.05) is 7.05 Å². The second-order valence-electron chi connectivity index (χ2n) is 5.40. The molecule has 1 unspecified atom stereocenters. The van der Waals surface area contributed by atoms with Crippen LogP contribution < -0.4 is 10.1 Å². The largest absolute Gasteiger partial charge is 0.491 e. The van der Waals surface area contributed by atoms with E-state index in [0.717, 1.165) is 15.8 Å². The lowest BCUT2D eigenvalue weighted by atomic mass is 9.96. The third-order valence-corrected chi connectivity index (χ3v) is 4.50. The third-order valence-electron chi connectivity index (χ3n) is 3.41. The predicted octanol–water partition coefficient (Wildman–Crippen LogP) is 4.85. The molecule has 112 valence electrons. The highest BCUT2D eigenvalue weighted by Crippen LogP contribution is 2.35. The van der Waals surface area contributed by atoms with Crippen molar-refractivity contribution in [2.45, 2.75) is 32.9 Å². The van der Waals surface area contributed by atoms with Crippen LogP contribution >= 0.6 is 15.9 Å². The summed E-state index contributed by atoms with van der Waals surface area (Å²) in [6, 6.07) is 14.6. The summed E-state index contributed by atoms with van der Waals surface area (Å²) in [4.78, 5) is 0. The first-order valence-corrected chi connectivity index (χ1v) is 8.01. The topological polar surface area (TPSA) is 21.3 Å². The van der Waals surface area contributed by atoms with Gasteiger partial charge in [0, 0.05) is 10.0 Å². The second-order valence-corrected chi connectivity index (χ2v) is 6.20. The van der Waals surface area contributed by atoms with E-state index in [1.807, 2.05) is 33.0 Å². The molecule has 3 heteroatoms. The third kappa shape index (κ3) is 3.66. The summed E-state index contributed by atoms with van der Waals surface area (Å²) in [5, 5.41) is 3.41. The molecule has 2 nitrogen and oxygen atoms in total. The minimum absolute atomic E-state index is 0.0919. The Morgan fingerprint density at radius 2 is 1.67 bits per heavy atom. The fourth-order valence-corrected chi connectivity index (χ4v) is 2.95. The van der Waals surface area contributed by atoms with Gasteiger partial charge in [-0.15, -0.1) is 0 Å². The first-order chi connectivity index (χ1) is 10.0. The monoisotopic (exact) mass is 347 g/mol. The van der Waals surface area contributed by atoms with Crippen molar-refractivity contribution in [2.24, 2.45) is 0 Å². The van der Waals surface area contributed by atoms with Crippen molar-refractivity contribution in [1.29, 1.82) is 0 Å². The van der Waals surface area contributed by atoms with Gasteiger partial charge in [0.2, 0.25) is 0 Å². The Labute approximate surface area is 135 Å². The van der Waals surface area contributed by atoms with Gasteiger partial charge in [-0.2, -0.15) is 0 Å². The summed E-state index contributed by atoms with van der Waals surface area (Å²) >= 11 is 3.71. The lowest BCUT2D eigenvalue weighted by Crippen LogP contribution is -2.20. The van der Waals surface area contributed by atoms with Crippen molar-refractivity contribution < 1.29 is 4.74 Å². The number of ether oxygens (including phenoxy) is 1. The average Bonchev–Trinajstić information content (AvgIpc) is 2.45. The summed E-state index contributed by atoms with van der Waals surface area (Å²) in [5.41, 5.74) is 3.60. The maximum atomic E-state index is 5.96. The van der Waals surface area contributed by atoms with Crippen LogP contribution in [-0.2, 0) is 0 Å². The van der Waals surface area contributed by atoms with Crippen LogP contribution in [0.3, 0.4) is 0 Å². The Balaban J connectivity index is 2.49. The van der Waals surface area contributed by atoms with Crippen LogP contribution in [0.15, 0.2) is 46.9 Å². The molecule has 2 aromatic carbocycles. The Hall–Kier alpha value is -1.32. The molecular formula is C18H22BrNO. The zero-order valence-corrected chi connectivity index (χ0v) is 14.6. The lowest BCUT2D eigenvalue weighted by molar-refractivity contribution is 0.238. The van der Waals surface area contributed by atoms with Gasteiger partial charge in [-0.05, 0) is 45.0 Å². The molecule has 0 aromatic heterocycles. The van der Waals surface area contributed by atoms with Gasteiger partial charge in [0.15, 0.2) is 0 Å². The summed E-state index contributed by atoms with van der Waals surface area (Å²) in [6.45, 7) is 6.21. The van der Waals surface area contributed by atoms with Crippen LogP contribution in [0.4, 0.5) is 0 Å². The van der Waals surface area contributed by atoms with E-state index in [4.69, 9.17) is 4.74 Å². The first kappa shape index (κ1) is 16.1. The maximum Gasteiger partial charge on any atom is 0.124 e. The molecule has 2 rings (SSSR count). The van der Waals surface area contributed by atoms with Crippen LogP contribution in [-0.4, -0.2) is 13.2 Å². The summed E-state index contributed by atoms with van der Waals surface area (Å²) < 4.78 is 7.11. The molecule has 0 aliphatic heterocycles. The average molecular weight is 348 g/mol. The fraction of sp³-hybridized carbons (Fsp3) is 0.333. The molecule has 1 atom stereocenters. The number of hydrogen-bond donors (Lipinski definition) is 1. The van der Waals surface area contributed by atoms with E-state index in [1.165, 1.54) is 11.1 Å². The number of hydrogen-bond acceptors (Lipinski definition) is 2. The number of benzene rings is 2. The number of para-hydroxylation sites is 1. The maximum absolute atomic E-state index is 5.96. The Morgan fingerprint density at radius 1 is 1.00 bits per heavy atom. The van der Waals surface area contributed by atoms with Crippen molar-refractivity contribution >= 4 is 15.9 Å². The Morgan fingerprint density at radius 3 is 2.33 bits per heavy atom. The smallest absolute Gasteiger partial charge is 0.124 e. The van der Waals surface area contributed by atoms with Crippen molar-refractivity contribution in [1.82, 2.24) is 5.32 Å². The number of aryl methyl sites for hydroxylation is 1. The molecule has 0 heterocycles. The highest BCUT2D eigenvalue weighted by Gasteiger charge is 2.19. The molecule has 0 radical (unpaired) electrons. The molecule has 0 bridgehead atoms. The number of nitrogens with one attached hydrogen (secondary N) is 1. The Kier molecular flexibility index (Phi) is 5.43. The standard InChI is InChI=1S/C18H22BrNO/c1-12(2)21-16-11-6-5-9-14(16)18(20-4)15-10-7-8-13(3)17(15)19/h5-12,18,20H,1-4H3. The molecular weight excluding hydrogens is 326 g/mol. The molecule has 21 heavy (non-hydrogen) atoms. The predicted molar refractivity (Wildman–Crippen MR) is 92.0 cm³/mol. The van der Waals surface area contributed by atoms with Gasteiger partial charge in [-0.3, -0.25) is 0 Å². The van der Waals surface area contributed by atoms with Crippen LogP contribution in [0, 0.1) is 6.92 Å². The second kappa shape index (κ2) is 7.10. The number of rotatable bonds is 5. The normalized spacial score (nSPS) is 12.5.